The number of aromatic amines is 1. The molecule has 0 saturated carbocycles. The molecule has 2 unspecified atom stereocenters. The average molecular weight is 310 g/mol. The predicted octanol–water partition coefficient (Wildman–Crippen LogP) is 1.96. The monoisotopic (exact) mass is 310 g/mol. The number of rotatable bonds is 4. The summed E-state index contributed by atoms with van der Waals surface area (Å²) in [5, 5.41) is 0.417. The van der Waals surface area contributed by atoms with Crippen LogP contribution in [-0.4, -0.2) is 21.6 Å². The van der Waals surface area contributed by atoms with Crippen LogP contribution < -0.4 is 11.2 Å². The van der Waals surface area contributed by atoms with Crippen LogP contribution >= 0.6 is 11.3 Å². The van der Waals surface area contributed by atoms with E-state index in [1.807, 2.05) is 13.8 Å². The molecule has 0 bridgehead atoms. The lowest BCUT2D eigenvalue weighted by atomic mass is 10.3. The van der Waals surface area contributed by atoms with E-state index in [-0.39, 0.29) is 6.10 Å². The van der Waals surface area contributed by atoms with E-state index in [9.17, 15) is 14.4 Å². The molecule has 7 heteroatoms. The Hall–Kier alpha value is -1.89. The number of hydrogen-bond donors (Lipinski definition) is 1. The van der Waals surface area contributed by atoms with Gasteiger partial charge in [0.05, 0.1) is 11.5 Å². The van der Waals surface area contributed by atoms with Gasteiger partial charge in [-0.3, -0.25) is 9.78 Å². The summed E-state index contributed by atoms with van der Waals surface area (Å²) in [6, 6.07) is 0.751. The molecule has 114 valence electrons. The van der Waals surface area contributed by atoms with Crippen LogP contribution in [0.2, 0.25) is 0 Å². The van der Waals surface area contributed by atoms with E-state index in [2.05, 4.69) is 4.98 Å². The molecule has 2 heterocycles. The highest BCUT2D eigenvalue weighted by atomic mass is 32.1. The first-order valence-electron chi connectivity index (χ1n) is 6.80. The second-order valence-electron chi connectivity index (χ2n) is 5.04. The summed E-state index contributed by atoms with van der Waals surface area (Å²) < 4.78 is 6.11. The largest absolute Gasteiger partial charge is 0.461 e. The van der Waals surface area contributed by atoms with Crippen molar-refractivity contribution in [3.8, 4) is 0 Å². The number of aromatic nitrogens is 2. The zero-order valence-corrected chi connectivity index (χ0v) is 13.2. The lowest BCUT2D eigenvalue weighted by molar-refractivity contribution is -0.152. The van der Waals surface area contributed by atoms with Crippen LogP contribution in [0.15, 0.2) is 15.7 Å². The Morgan fingerprint density at radius 1 is 1.43 bits per heavy atom. The Kier molecular flexibility index (Phi) is 4.32. The predicted molar refractivity (Wildman–Crippen MR) is 82.0 cm³/mol. The molecule has 21 heavy (non-hydrogen) atoms. The van der Waals surface area contributed by atoms with Gasteiger partial charge >= 0.3 is 11.7 Å². The smallest absolute Gasteiger partial charge is 0.330 e. The number of thiophene rings is 1. The van der Waals surface area contributed by atoms with Crippen LogP contribution in [0.1, 0.15) is 38.1 Å². The van der Waals surface area contributed by atoms with E-state index in [1.165, 1.54) is 18.3 Å². The molecule has 0 radical (unpaired) electrons. The van der Waals surface area contributed by atoms with Crippen LogP contribution in [0.5, 0.6) is 0 Å². The molecule has 0 fully saturated rings. The molecule has 2 atom stereocenters. The van der Waals surface area contributed by atoms with Gasteiger partial charge in [0.1, 0.15) is 10.9 Å². The molecule has 1 N–H and O–H groups in total. The van der Waals surface area contributed by atoms with Crippen molar-refractivity contribution < 1.29 is 9.53 Å². The summed E-state index contributed by atoms with van der Waals surface area (Å²) >= 11 is 1.34. The van der Waals surface area contributed by atoms with Crippen LogP contribution in [-0.2, 0) is 9.53 Å². The molecule has 2 aromatic rings. The molecular formula is C14H18N2O4S. The van der Waals surface area contributed by atoms with Crippen molar-refractivity contribution in [3.63, 3.8) is 0 Å². The SMILES string of the molecule is CCC(C)OC(=O)C(C)n1c(=O)[nH]c2sc(C)cc2c1=O. The second-order valence-corrected chi connectivity index (χ2v) is 6.29. The lowest BCUT2D eigenvalue weighted by Crippen LogP contribution is -2.40. The van der Waals surface area contributed by atoms with Crippen molar-refractivity contribution >= 4 is 27.5 Å². The van der Waals surface area contributed by atoms with Gasteiger partial charge in [-0.2, -0.15) is 0 Å². The van der Waals surface area contributed by atoms with Gasteiger partial charge in [-0.1, -0.05) is 6.92 Å². The fraction of sp³-hybridized carbons (Fsp3) is 0.500. The third kappa shape index (κ3) is 2.92. The number of aryl methyl sites for hydroxylation is 1. The van der Waals surface area contributed by atoms with Gasteiger partial charge < -0.3 is 4.74 Å². The van der Waals surface area contributed by atoms with Crippen molar-refractivity contribution in [2.45, 2.75) is 46.3 Å². The number of esters is 1. The first-order valence-corrected chi connectivity index (χ1v) is 7.62. The van der Waals surface area contributed by atoms with Crippen LogP contribution in [0.3, 0.4) is 0 Å². The lowest BCUT2D eigenvalue weighted by Gasteiger charge is -2.16. The number of nitrogens with zero attached hydrogens (tertiary/aromatic N) is 1. The van der Waals surface area contributed by atoms with Crippen LogP contribution in [0.25, 0.3) is 10.2 Å². The van der Waals surface area contributed by atoms with Gasteiger partial charge in [-0.15, -0.1) is 11.3 Å². The Morgan fingerprint density at radius 2 is 2.10 bits per heavy atom. The fourth-order valence-corrected chi connectivity index (χ4v) is 2.88. The molecule has 0 aliphatic carbocycles. The van der Waals surface area contributed by atoms with Gasteiger partial charge in [0.15, 0.2) is 0 Å². The Labute approximate surface area is 125 Å². The van der Waals surface area contributed by atoms with Gasteiger partial charge in [0, 0.05) is 4.88 Å². The number of carbonyl (C=O) groups excluding carboxylic acids is 1. The van der Waals surface area contributed by atoms with Crippen LogP contribution in [0.4, 0.5) is 0 Å². The molecule has 0 spiro atoms. The van der Waals surface area contributed by atoms with Crippen molar-refractivity contribution in [1.82, 2.24) is 9.55 Å². The first-order chi connectivity index (χ1) is 9.85. The summed E-state index contributed by atoms with van der Waals surface area (Å²) in [6.07, 6.45) is 0.425. The zero-order chi connectivity index (χ0) is 15.7. The van der Waals surface area contributed by atoms with Gasteiger partial charge in [0.25, 0.3) is 5.56 Å². The number of ether oxygens (including phenoxy) is 1. The van der Waals surface area contributed by atoms with Crippen molar-refractivity contribution in [1.29, 1.82) is 0 Å². The van der Waals surface area contributed by atoms with Crippen LogP contribution in [0, 0.1) is 6.92 Å². The maximum atomic E-state index is 12.4. The molecule has 0 aliphatic heterocycles. The van der Waals surface area contributed by atoms with E-state index in [4.69, 9.17) is 4.74 Å². The maximum absolute atomic E-state index is 12.4. The number of nitrogens with one attached hydrogen (secondary N) is 1. The fourth-order valence-electron chi connectivity index (χ4n) is 1.98. The third-order valence-electron chi connectivity index (χ3n) is 3.36. The Bertz CT molecular complexity index is 786. The van der Waals surface area contributed by atoms with E-state index < -0.39 is 23.3 Å². The summed E-state index contributed by atoms with van der Waals surface area (Å²) in [7, 11) is 0. The highest BCUT2D eigenvalue weighted by Gasteiger charge is 2.23. The number of fused-ring (bicyclic) bond motifs is 1. The van der Waals surface area contributed by atoms with E-state index in [0.717, 1.165) is 9.44 Å². The molecule has 0 aromatic carbocycles. The molecule has 0 amide bonds. The number of carbonyl (C=O) groups is 1. The van der Waals surface area contributed by atoms with E-state index in [0.29, 0.717) is 16.6 Å². The topological polar surface area (TPSA) is 81.2 Å². The van der Waals surface area contributed by atoms with Crippen molar-refractivity contribution in [3.05, 3.63) is 31.8 Å². The van der Waals surface area contributed by atoms with Gasteiger partial charge in [-0.05, 0) is 33.3 Å². The summed E-state index contributed by atoms with van der Waals surface area (Å²) in [5.41, 5.74) is -1.06. The normalized spacial score (nSPS) is 14.1. The standard InChI is InChI=1S/C14H18N2O4S/c1-5-7(2)20-13(18)9(4)16-12(17)10-6-8(3)21-11(10)15-14(16)19/h6-7,9H,5H2,1-4H3,(H,15,19). The summed E-state index contributed by atoms with van der Waals surface area (Å²) in [6.45, 7) is 7.00. The molecule has 2 rings (SSSR count). The number of H-pyrrole nitrogens is 1. The molecule has 0 saturated heterocycles. The minimum Gasteiger partial charge on any atom is -0.461 e. The van der Waals surface area contributed by atoms with Crippen molar-refractivity contribution in [2.75, 3.05) is 0 Å². The number of hydrogen-bond acceptors (Lipinski definition) is 5. The highest BCUT2D eigenvalue weighted by Crippen LogP contribution is 2.19. The molecule has 2 aromatic heterocycles. The molecule has 0 aliphatic rings. The van der Waals surface area contributed by atoms with Crippen molar-refractivity contribution in [2.24, 2.45) is 0 Å². The third-order valence-corrected chi connectivity index (χ3v) is 4.33. The Morgan fingerprint density at radius 3 is 2.71 bits per heavy atom. The van der Waals surface area contributed by atoms with Gasteiger partial charge in [0.2, 0.25) is 0 Å². The maximum Gasteiger partial charge on any atom is 0.330 e. The minimum absolute atomic E-state index is 0.248. The quantitative estimate of drug-likeness (QED) is 0.875. The summed E-state index contributed by atoms with van der Waals surface area (Å²) in [4.78, 5) is 40.6. The average Bonchev–Trinajstić information content (AvgIpc) is 2.79. The molecular weight excluding hydrogens is 292 g/mol. The molecule has 6 nitrogen and oxygen atoms in total. The van der Waals surface area contributed by atoms with E-state index in [1.54, 1.807) is 13.0 Å². The summed E-state index contributed by atoms with van der Waals surface area (Å²) in [5.74, 6) is -0.580. The highest BCUT2D eigenvalue weighted by molar-refractivity contribution is 7.18. The first kappa shape index (κ1) is 15.5. The zero-order valence-electron chi connectivity index (χ0n) is 12.4. The Balaban J connectivity index is 2.48. The minimum atomic E-state index is -0.958. The van der Waals surface area contributed by atoms with E-state index >= 15 is 0 Å². The van der Waals surface area contributed by atoms with Gasteiger partial charge in [-0.25, -0.2) is 14.2 Å². The second kappa shape index (κ2) is 5.85.